The van der Waals surface area contributed by atoms with Gasteiger partial charge >= 0.3 is 0 Å². The summed E-state index contributed by atoms with van der Waals surface area (Å²) in [6, 6.07) is 0. The third kappa shape index (κ3) is 1.32. The molecule has 1 aliphatic rings. The number of rotatable bonds is 0. The second kappa shape index (κ2) is 2.72. The van der Waals surface area contributed by atoms with E-state index >= 15 is 0 Å². The average Bonchev–Trinajstić information content (AvgIpc) is 1.97. The van der Waals surface area contributed by atoms with Crippen molar-refractivity contribution in [3.63, 3.8) is 0 Å². The van der Waals surface area contributed by atoms with Gasteiger partial charge in [-0.3, -0.25) is 0 Å². The van der Waals surface area contributed by atoms with Gasteiger partial charge in [-0.25, -0.2) is 13.2 Å². The molecule has 0 unspecified atom stereocenters. The zero-order chi connectivity index (χ0) is 8.59. The smallest absolute Gasteiger partial charge is 0.190 e. The molecule has 0 aromatic heterocycles. The summed E-state index contributed by atoms with van der Waals surface area (Å²) in [4.78, 5) is 0. The Morgan fingerprint density at radius 2 is 1.73 bits per heavy atom. The number of allylic oxidation sites excluding steroid dienone is 4. The van der Waals surface area contributed by atoms with Crippen molar-refractivity contribution < 1.29 is 13.2 Å². The van der Waals surface area contributed by atoms with Gasteiger partial charge in [-0.15, -0.1) is 0 Å². The SMILES string of the molecule is C[C@@H]1C=C(F)C(F)=C(F)[C@H]1C. The minimum Gasteiger partial charge on any atom is -0.208 e. The van der Waals surface area contributed by atoms with Crippen LogP contribution in [0.5, 0.6) is 0 Å². The predicted octanol–water partition coefficient (Wildman–Crippen LogP) is 3.28. The zero-order valence-corrected chi connectivity index (χ0v) is 6.37. The summed E-state index contributed by atoms with van der Waals surface area (Å²) >= 11 is 0. The van der Waals surface area contributed by atoms with E-state index in [2.05, 4.69) is 0 Å². The van der Waals surface area contributed by atoms with Gasteiger partial charge < -0.3 is 0 Å². The number of halogens is 3. The fraction of sp³-hybridized carbons (Fsp3) is 0.500. The van der Waals surface area contributed by atoms with Crippen LogP contribution in [0.3, 0.4) is 0 Å². The Labute approximate surface area is 63.4 Å². The lowest BCUT2D eigenvalue weighted by Crippen LogP contribution is -2.12. The molecule has 0 aromatic rings. The van der Waals surface area contributed by atoms with Crippen LogP contribution in [-0.4, -0.2) is 0 Å². The first-order valence-electron chi connectivity index (χ1n) is 3.47. The summed E-state index contributed by atoms with van der Waals surface area (Å²) in [6.45, 7) is 3.18. The molecule has 0 bridgehead atoms. The Hall–Kier alpha value is -0.730. The monoisotopic (exact) mass is 162 g/mol. The fourth-order valence-electron chi connectivity index (χ4n) is 0.993. The van der Waals surface area contributed by atoms with Gasteiger partial charge in [0, 0.05) is 5.92 Å². The summed E-state index contributed by atoms with van der Waals surface area (Å²) in [5.74, 6) is -4.20. The lowest BCUT2D eigenvalue weighted by atomic mass is 9.90. The number of hydrogen-bond donors (Lipinski definition) is 0. The molecule has 0 N–H and O–H groups in total. The van der Waals surface area contributed by atoms with Crippen LogP contribution in [0.1, 0.15) is 13.8 Å². The van der Waals surface area contributed by atoms with Crippen molar-refractivity contribution in [2.24, 2.45) is 11.8 Å². The van der Waals surface area contributed by atoms with Crippen molar-refractivity contribution in [1.29, 1.82) is 0 Å². The van der Waals surface area contributed by atoms with Crippen LogP contribution < -0.4 is 0 Å². The van der Waals surface area contributed by atoms with E-state index in [0.717, 1.165) is 6.08 Å². The second-order valence-electron chi connectivity index (χ2n) is 2.82. The molecule has 0 nitrogen and oxygen atoms in total. The van der Waals surface area contributed by atoms with E-state index in [0.29, 0.717) is 0 Å². The highest BCUT2D eigenvalue weighted by Gasteiger charge is 2.27. The van der Waals surface area contributed by atoms with Gasteiger partial charge in [-0.1, -0.05) is 13.8 Å². The van der Waals surface area contributed by atoms with Gasteiger partial charge in [0.15, 0.2) is 11.7 Å². The van der Waals surface area contributed by atoms with E-state index in [1.54, 1.807) is 6.92 Å². The molecule has 2 atom stereocenters. The van der Waals surface area contributed by atoms with Crippen LogP contribution >= 0.6 is 0 Å². The lowest BCUT2D eigenvalue weighted by Gasteiger charge is -2.19. The molecule has 0 spiro atoms. The van der Waals surface area contributed by atoms with E-state index in [1.807, 2.05) is 0 Å². The first-order valence-corrected chi connectivity index (χ1v) is 3.47. The largest absolute Gasteiger partial charge is 0.208 e. The highest BCUT2D eigenvalue weighted by Crippen LogP contribution is 2.35. The Balaban J connectivity index is 3.02. The maximum atomic E-state index is 12.7. The first-order chi connectivity index (χ1) is 5.04. The summed E-state index contributed by atoms with van der Waals surface area (Å²) in [7, 11) is 0. The molecule has 1 aliphatic carbocycles. The van der Waals surface area contributed by atoms with Crippen LogP contribution in [0.25, 0.3) is 0 Å². The molecule has 1 rings (SSSR count). The molecule has 62 valence electrons. The van der Waals surface area contributed by atoms with Crippen molar-refractivity contribution in [3.8, 4) is 0 Å². The van der Waals surface area contributed by atoms with Crippen LogP contribution in [0.15, 0.2) is 23.6 Å². The Kier molecular flexibility index (Phi) is 2.07. The van der Waals surface area contributed by atoms with E-state index in [1.165, 1.54) is 6.92 Å². The van der Waals surface area contributed by atoms with Crippen LogP contribution in [0.2, 0.25) is 0 Å². The van der Waals surface area contributed by atoms with Gasteiger partial charge in [0.2, 0.25) is 0 Å². The molecule has 0 saturated carbocycles. The summed E-state index contributed by atoms with van der Waals surface area (Å²) in [5.41, 5.74) is 0. The van der Waals surface area contributed by atoms with E-state index in [-0.39, 0.29) is 5.92 Å². The first kappa shape index (κ1) is 8.37. The summed E-state index contributed by atoms with van der Waals surface area (Å²) in [5, 5.41) is 0. The normalized spacial score (nSPS) is 32.3. The molecule has 0 radical (unpaired) electrons. The average molecular weight is 162 g/mol. The molecule has 0 fully saturated rings. The predicted molar refractivity (Wildman–Crippen MR) is 36.8 cm³/mol. The minimum absolute atomic E-state index is 0.269. The van der Waals surface area contributed by atoms with Crippen LogP contribution in [0, 0.1) is 11.8 Å². The molecule has 11 heavy (non-hydrogen) atoms. The second-order valence-corrected chi connectivity index (χ2v) is 2.82. The van der Waals surface area contributed by atoms with Crippen molar-refractivity contribution in [2.75, 3.05) is 0 Å². The van der Waals surface area contributed by atoms with Crippen LogP contribution in [-0.2, 0) is 0 Å². The Morgan fingerprint density at radius 1 is 1.18 bits per heavy atom. The fourth-order valence-corrected chi connectivity index (χ4v) is 0.993. The molecule has 0 heterocycles. The van der Waals surface area contributed by atoms with Crippen molar-refractivity contribution in [3.05, 3.63) is 23.6 Å². The quantitative estimate of drug-likeness (QED) is 0.512. The Morgan fingerprint density at radius 3 is 2.27 bits per heavy atom. The molecular formula is C8H9F3. The molecule has 0 aromatic carbocycles. The minimum atomic E-state index is -1.34. The maximum Gasteiger partial charge on any atom is 0.190 e. The van der Waals surface area contributed by atoms with Gasteiger partial charge in [-0.2, -0.15) is 0 Å². The lowest BCUT2D eigenvalue weighted by molar-refractivity contribution is 0.360. The highest BCUT2D eigenvalue weighted by molar-refractivity contribution is 5.28. The molecule has 0 amide bonds. The van der Waals surface area contributed by atoms with Gasteiger partial charge in [-0.05, 0) is 12.0 Å². The van der Waals surface area contributed by atoms with Crippen LogP contribution in [0.4, 0.5) is 13.2 Å². The molecule has 0 aliphatic heterocycles. The summed E-state index contributed by atoms with van der Waals surface area (Å²) in [6.07, 6.45) is 1.10. The standard InChI is InChI=1S/C8H9F3/c1-4-3-6(9)8(11)7(10)5(4)2/h3-5H,1-2H3/t4-,5+/m1/s1. The third-order valence-electron chi connectivity index (χ3n) is 2.02. The van der Waals surface area contributed by atoms with Crippen molar-refractivity contribution >= 4 is 0 Å². The molecule has 0 saturated heterocycles. The molecule has 3 heteroatoms. The topological polar surface area (TPSA) is 0 Å². The van der Waals surface area contributed by atoms with Gasteiger partial charge in [0.1, 0.15) is 5.83 Å². The van der Waals surface area contributed by atoms with E-state index < -0.39 is 23.4 Å². The summed E-state index contributed by atoms with van der Waals surface area (Å²) < 4.78 is 37.6. The van der Waals surface area contributed by atoms with Gasteiger partial charge in [0.25, 0.3) is 0 Å². The van der Waals surface area contributed by atoms with E-state index in [9.17, 15) is 13.2 Å². The third-order valence-corrected chi connectivity index (χ3v) is 2.02. The molecular weight excluding hydrogens is 153 g/mol. The maximum absolute atomic E-state index is 12.7. The highest BCUT2D eigenvalue weighted by atomic mass is 19.2. The number of hydrogen-bond acceptors (Lipinski definition) is 0. The van der Waals surface area contributed by atoms with Crippen molar-refractivity contribution in [2.45, 2.75) is 13.8 Å². The van der Waals surface area contributed by atoms with Gasteiger partial charge in [0.05, 0.1) is 0 Å². The Bertz CT molecular complexity index is 227. The van der Waals surface area contributed by atoms with Crippen molar-refractivity contribution in [1.82, 2.24) is 0 Å². The zero-order valence-electron chi connectivity index (χ0n) is 6.37. The van der Waals surface area contributed by atoms with E-state index in [4.69, 9.17) is 0 Å².